The molecule has 1 saturated carbocycles. The van der Waals surface area contributed by atoms with Crippen LogP contribution in [0.5, 0.6) is 0 Å². The second kappa shape index (κ2) is 9.25. The normalized spacial score (nSPS) is 17.3. The van der Waals surface area contributed by atoms with E-state index in [1.165, 1.54) is 0 Å². The van der Waals surface area contributed by atoms with E-state index in [9.17, 15) is 19.5 Å². The number of carboxylic acids is 1. The van der Waals surface area contributed by atoms with Gasteiger partial charge in [0.05, 0.1) is 5.41 Å². The minimum atomic E-state index is -0.896. The molecule has 1 fully saturated rings. The predicted octanol–water partition coefficient (Wildman–Crippen LogP) is 3.92. The number of amides is 2. The van der Waals surface area contributed by atoms with Crippen LogP contribution < -0.4 is 10.6 Å². The van der Waals surface area contributed by atoms with Crippen LogP contribution in [0.4, 0.5) is 4.79 Å². The molecule has 3 N–H and O–H groups in total. The first kappa shape index (κ1) is 22.8. The second-order valence-corrected chi connectivity index (χ2v) is 9.14. The Labute approximate surface area is 193 Å². The van der Waals surface area contributed by atoms with Crippen molar-refractivity contribution < 1.29 is 24.2 Å². The zero-order valence-electron chi connectivity index (χ0n) is 19.0. The summed E-state index contributed by atoms with van der Waals surface area (Å²) >= 11 is 0. The molecule has 0 spiro atoms. The largest absolute Gasteiger partial charge is 0.481 e. The Morgan fingerprint density at radius 3 is 2.15 bits per heavy atom. The van der Waals surface area contributed by atoms with Crippen molar-refractivity contribution in [3.8, 4) is 11.1 Å². The third-order valence-corrected chi connectivity index (χ3v) is 7.02. The molecular formula is C26H30N2O5. The maximum Gasteiger partial charge on any atom is 0.407 e. The lowest BCUT2D eigenvalue weighted by Gasteiger charge is -2.24. The highest BCUT2D eigenvalue weighted by Crippen LogP contribution is 2.45. The number of carbonyl (C=O) groups excluding carboxylic acids is 2. The van der Waals surface area contributed by atoms with E-state index < -0.39 is 23.5 Å². The van der Waals surface area contributed by atoms with Crippen molar-refractivity contribution in [2.75, 3.05) is 13.2 Å². The van der Waals surface area contributed by atoms with Gasteiger partial charge in [0.2, 0.25) is 5.91 Å². The van der Waals surface area contributed by atoms with Gasteiger partial charge < -0.3 is 20.5 Å². The summed E-state index contributed by atoms with van der Waals surface area (Å²) in [6.45, 7) is 4.04. The Morgan fingerprint density at radius 1 is 1.06 bits per heavy atom. The molecule has 0 saturated heterocycles. The van der Waals surface area contributed by atoms with Crippen LogP contribution in [-0.2, 0) is 14.3 Å². The zero-order chi connectivity index (χ0) is 23.6. The Hall–Kier alpha value is -3.35. The SMILES string of the molecule is CCC(C)C(NC(=O)OCC1c2ccccc2-c2ccccc21)C(=O)NCC1(C(=O)O)CC1. The van der Waals surface area contributed by atoms with Crippen molar-refractivity contribution in [3.63, 3.8) is 0 Å². The van der Waals surface area contributed by atoms with Crippen LogP contribution in [0.2, 0.25) is 0 Å². The van der Waals surface area contributed by atoms with E-state index in [-0.39, 0.29) is 30.9 Å². The summed E-state index contributed by atoms with van der Waals surface area (Å²) < 4.78 is 5.59. The van der Waals surface area contributed by atoms with Crippen LogP contribution in [0.3, 0.4) is 0 Å². The highest BCUT2D eigenvalue weighted by molar-refractivity contribution is 5.87. The third-order valence-electron chi connectivity index (χ3n) is 7.02. The van der Waals surface area contributed by atoms with Crippen molar-refractivity contribution in [2.24, 2.45) is 11.3 Å². The smallest absolute Gasteiger partial charge is 0.407 e. The summed E-state index contributed by atoms with van der Waals surface area (Å²) in [6.07, 6.45) is 1.12. The number of rotatable bonds is 9. The maximum atomic E-state index is 12.8. The van der Waals surface area contributed by atoms with E-state index >= 15 is 0 Å². The number of ether oxygens (including phenoxy) is 1. The third kappa shape index (κ3) is 4.58. The molecule has 7 nitrogen and oxygen atoms in total. The van der Waals surface area contributed by atoms with Gasteiger partial charge in [-0.05, 0) is 41.0 Å². The van der Waals surface area contributed by atoms with Gasteiger partial charge in [-0.25, -0.2) is 4.79 Å². The van der Waals surface area contributed by atoms with Gasteiger partial charge in [-0.15, -0.1) is 0 Å². The van der Waals surface area contributed by atoms with Gasteiger partial charge in [0, 0.05) is 12.5 Å². The lowest BCUT2D eigenvalue weighted by Crippen LogP contribution is -2.51. The van der Waals surface area contributed by atoms with Crippen LogP contribution in [0, 0.1) is 11.3 Å². The summed E-state index contributed by atoms with van der Waals surface area (Å²) in [6, 6.07) is 15.4. The minimum Gasteiger partial charge on any atom is -0.481 e. The van der Waals surface area contributed by atoms with Gasteiger partial charge in [-0.3, -0.25) is 9.59 Å². The van der Waals surface area contributed by atoms with Gasteiger partial charge in [0.15, 0.2) is 0 Å². The standard InChI is InChI=1S/C26H30N2O5/c1-3-16(2)22(23(29)27-15-26(12-13-26)24(30)31)28-25(32)33-14-21-19-10-6-4-8-17(19)18-9-5-7-11-20(18)21/h4-11,16,21-22H,3,12-15H2,1-2H3,(H,27,29)(H,28,32)(H,30,31). The average molecular weight is 451 g/mol. The molecule has 0 aromatic heterocycles. The molecule has 2 amide bonds. The molecule has 2 aromatic carbocycles. The number of fused-ring (bicyclic) bond motifs is 3. The lowest BCUT2D eigenvalue weighted by molar-refractivity contribution is -0.143. The van der Waals surface area contributed by atoms with Crippen LogP contribution in [0.1, 0.15) is 50.2 Å². The topological polar surface area (TPSA) is 105 Å². The maximum absolute atomic E-state index is 12.8. The second-order valence-electron chi connectivity index (χ2n) is 9.14. The fourth-order valence-electron chi connectivity index (χ4n) is 4.45. The number of aliphatic carboxylic acids is 1. The van der Waals surface area contributed by atoms with E-state index in [1.54, 1.807) is 0 Å². The Kier molecular flexibility index (Phi) is 6.40. The number of hydrogen-bond acceptors (Lipinski definition) is 4. The van der Waals surface area contributed by atoms with E-state index in [1.807, 2.05) is 50.2 Å². The van der Waals surface area contributed by atoms with E-state index in [4.69, 9.17) is 4.74 Å². The van der Waals surface area contributed by atoms with E-state index in [2.05, 4.69) is 22.8 Å². The van der Waals surface area contributed by atoms with Gasteiger partial charge in [-0.2, -0.15) is 0 Å². The molecule has 7 heteroatoms. The van der Waals surface area contributed by atoms with Crippen LogP contribution in [0.25, 0.3) is 11.1 Å². The van der Waals surface area contributed by atoms with Crippen molar-refractivity contribution in [2.45, 2.75) is 45.1 Å². The number of hydrogen-bond donors (Lipinski definition) is 3. The van der Waals surface area contributed by atoms with Crippen LogP contribution in [0.15, 0.2) is 48.5 Å². The first-order chi connectivity index (χ1) is 15.9. The molecule has 2 aliphatic carbocycles. The Morgan fingerprint density at radius 2 is 1.64 bits per heavy atom. The van der Waals surface area contributed by atoms with Gasteiger partial charge in [0.1, 0.15) is 12.6 Å². The molecule has 2 aromatic rings. The van der Waals surface area contributed by atoms with Crippen LogP contribution in [-0.4, -0.2) is 42.3 Å². The highest BCUT2D eigenvalue weighted by Gasteiger charge is 2.50. The average Bonchev–Trinajstić information content (AvgIpc) is 3.56. The highest BCUT2D eigenvalue weighted by atomic mass is 16.5. The quantitative estimate of drug-likeness (QED) is 0.537. The molecule has 0 heterocycles. The van der Waals surface area contributed by atoms with E-state index in [0.717, 1.165) is 22.3 Å². The van der Waals surface area contributed by atoms with Gasteiger partial charge >= 0.3 is 12.1 Å². The number of carboxylic acid groups (broad SMARTS) is 1. The summed E-state index contributed by atoms with van der Waals surface area (Å²) in [5.74, 6) is -1.48. The molecule has 4 rings (SSSR count). The first-order valence-electron chi connectivity index (χ1n) is 11.5. The van der Waals surface area contributed by atoms with Crippen molar-refractivity contribution in [3.05, 3.63) is 59.7 Å². The molecule has 0 aliphatic heterocycles. The molecule has 0 bridgehead atoms. The fraction of sp³-hybridized carbons (Fsp3) is 0.423. The summed E-state index contributed by atoms with van der Waals surface area (Å²) in [5, 5.41) is 14.8. The molecule has 2 atom stereocenters. The molecule has 2 unspecified atom stereocenters. The lowest BCUT2D eigenvalue weighted by atomic mass is 9.97. The number of carbonyl (C=O) groups is 3. The number of benzene rings is 2. The summed E-state index contributed by atoms with van der Waals surface area (Å²) in [5.41, 5.74) is 3.66. The van der Waals surface area contributed by atoms with Gasteiger partial charge in [-0.1, -0.05) is 68.8 Å². The Bertz CT molecular complexity index is 1020. The number of alkyl carbamates (subject to hydrolysis) is 1. The van der Waals surface area contributed by atoms with Crippen molar-refractivity contribution in [1.82, 2.24) is 10.6 Å². The molecule has 2 aliphatic rings. The zero-order valence-corrected chi connectivity index (χ0v) is 19.0. The van der Waals surface area contributed by atoms with Gasteiger partial charge in [0.25, 0.3) is 0 Å². The minimum absolute atomic E-state index is 0.0654. The summed E-state index contributed by atoms with van der Waals surface area (Å²) in [4.78, 5) is 36.8. The van der Waals surface area contributed by atoms with E-state index in [0.29, 0.717) is 19.3 Å². The Balaban J connectivity index is 1.39. The van der Waals surface area contributed by atoms with Crippen molar-refractivity contribution >= 4 is 18.0 Å². The monoisotopic (exact) mass is 450 g/mol. The number of nitrogens with one attached hydrogen (secondary N) is 2. The molecule has 0 radical (unpaired) electrons. The molecular weight excluding hydrogens is 420 g/mol. The fourth-order valence-corrected chi connectivity index (χ4v) is 4.45. The summed E-state index contributed by atoms with van der Waals surface area (Å²) in [7, 11) is 0. The van der Waals surface area contributed by atoms with Crippen LogP contribution >= 0.6 is 0 Å². The molecule has 33 heavy (non-hydrogen) atoms. The predicted molar refractivity (Wildman–Crippen MR) is 124 cm³/mol. The first-order valence-corrected chi connectivity index (χ1v) is 11.5. The van der Waals surface area contributed by atoms with Crippen molar-refractivity contribution in [1.29, 1.82) is 0 Å². The molecule has 174 valence electrons.